The minimum Gasteiger partial charge on any atom is -0.508 e. The Labute approximate surface area is 121 Å². The fourth-order valence-corrected chi connectivity index (χ4v) is 1.89. The molecular weight excluding hydrogens is 272 g/mol. The average Bonchev–Trinajstić information content (AvgIpc) is 2.46. The number of hydrogen-bond donors (Lipinski definition) is 4. The SMILES string of the molecule is COc1ccc(C(N)=O)cc1NCc1ccc(O)cc1O. The van der Waals surface area contributed by atoms with Crippen LogP contribution in [0.3, 0.4) is 0 Å². The number of ether oxygens (including phenoxy) is 1. The second-order valence-electron chi connectivity index (χ2n) is 4.45. The largest absolute Gasteiger partial charge is 0.508 e. The highest BCUT2D eigenvalue weighted by Gasteiger charge is 2.09. The molecule has 2 aromatic carbocycles. The lowest BCUT2D eigenvalue weighted by atomic mass is 10.1. The predicted octanol–water partition coefficient (Wildman–Crippen LogP) is 1.82. The number of methoxy groups -OCH3 is 1. The average molecular weight is 288 g/mol. The molecule has 110 valence electrons. The van der Waals surface area contributed by atoms with Crippen LogP contribution in [-0.2, 0) is 6.54 Å². The zero-order valence-electron chi connectivity index (χ0n) is 11.5. The molecule has 0 spiro atoms. The molecular formula is C15H16N2O4. The maximum Gasteiger partial charge on any atom is 0.248 e. The van der Waals surface area contributed by atoms with Gasteiger partial charge in [0.1, 0.15) is 17.2 Å². The molecule has 6 heteroatoms. The normalized spacial score (nSPS) is 10.1. The number of carbonyl (C=O) groups excluding carboxylic acids is 1. The standard InChI is InChI=1S/C15H16N2O4/c1-21-14-5-3-9(15(16)20)6-12(14)17-8-10-2-4-11(18)7-13(10)19/h2-7,17-19H,8H2,1H3,(H2,16,20). The van der Waals surface area contributed by atoms with Crippen molar-refractivity contribution in [3.05, 3.63) is 47.5 Å². The van der Waals surface area contributed by atoms with Gasteiger partial charge in [-0.15, -0.1) is 0 Å². The summed E-state index contributed by atoms with van der Waals surface area (Å²) in [7, 11) is 1.52. The van der Waals surface area contributed by atoms with Crippen LogP contribution in [0.5, 0.6) is 17.2 Å². The number of amides is 1. The molecule has 0 radical (unpaired) electrons. The van der Waals surface area contributed by atoms with Crippen molar-refractivity contribution >= 4 is 11.6 Å². The first-order chi connectivity index (χ1) is 10.0. The molecule has 0 bridgehead atoms. The van der Waals surface area contributed by atoms with E-state index >= 15 is 0 Å². The summed E-state index contributed by atoms with van der Waals surface area (Å²) < 4.78 is 5.20. The molecule has 0 heterocycles. The van der Waals surface area contributed by atoms with Gasteiger partial charge in [-0.3, -0.25) is 4.79 Å². The Bertz CT molecular complexity index is 671. The zero-order chi connectivity index (χ0) is 15.4. The molecule has 0 aromatic heterocycles. The second-order valence-corrected chi connectivity index (χ2v) is 4.45. The van der Waals surface area contributed by atoms with E-state index in [1.54, 1.807) is 24.3 Å². The minimum absolute atomic E-state index is 0.00967. The Balaban J connectivity index is 2.22. The smallest absolute Gasteiger partial charge is 0.248 e. The Morgan fingerprint density at radius 3 is 2.62 bits per heavy atom. The van der Waals surface area contributed by atoms with Crippen LogP contribution < -0.4 is 15.8 Å². The van der Waals surface area contributed by atoms with Crippen LogP contribution in [0.15, 0.2) is 36.4 Å². The van der Waals surface area contributed by atoms with Gasteiger partial charge in [0.25, 0.3) is 0 Å². The van der Waals surface area contributed by atoms with Crippen molar-refractivity contribution in [2.45, 2.75) is 6.54 Å². The van der Waals surface area contributed by atoms with Crippen molar-refractivity contribution in [1.29, 1.82) is 0 Å². The van der Waals surface area contributed by atoms with Crippen LogP contribution in [-0.4, -0.2) is 23.2 Å². The Hall–Kier alpha value is -2.89. The molecule has 2 aromatic rings. The lowest BCUT2D eigenvalue weighted by Gasteiger charge is -2.13. The highest BCUT2D eigenvalue weighted by atomic mass is 16.5. The van der Waals surface area contributed by atoms with E-state index in [-0.39, 0.29) is 11.5 Å². The van der Waals surface area contributed by atoms with E-state index in [0.29, 0.717) is 29.1 Å². The van der Waals surface area contributed by atoms with Crippen LogP contribution in [0.1, 0.15) is 15.9 Å². The Kier molecular flexibility index (Phi) is 4.18. The fourth-order valence-electron chi connectivity index (χ4n) is 1.89. The summed E-state index contributed by atoms with van der Waals surface area (Å²) in [4.78, 5) is 11.2. The number of anilines is 1. The highest BCUT2D eigenvalue weighted by Crippen LogP contribution is 2.28. The number of aromatic hydroxyl groups is 2. The van der Waals surface area contributed by atoms with Crippen molar-refractivity contribution in [1.82, 2.24) is 0 Å². The monoisotopic (exact) mass is 288 g/mol. The highest BCUT2D eigenvalue weighted by molar-refractivity contribution is 5.94. The number of nitrogens with one attached hydrogen (secondary N) is 1. The van der Waals surface area contributed by atoms with Crippen LogP contribution in [0.25, 0.3) is 0 Å². The first kappa shape index (κ1) is 14.5. The van der Waals surface area contributed by atoms with Crippen molar-refractivity contribution in [2.75, 3.05) is 12.4 Å². The van der Waals surface area contributed by atoms with Crippen LogP contribution in [0.2, 0.25) is 0 Å². The number of primary amides is 1. The van der Waals surface area contributed by atoms with Crippen LogP contribution in [0, 0.1) is 0 Å². The van der Waals surface area contributed by atoms with Crippen molar-refractivity contribution in [3.8, 4) is 17.2 Å². The van der Waals surface area contributed by atoms with Crippen molar-refractivity contribution in [2.24, 2.45) is 5.73 Å². The minimum atomic E-state index is -0.534. The molecule has 5 N–H and O–H groups in total. The molecule has 21 heavy (non-hydrogen) atoms. The van der Waals surface area contributed by atoms with E-state index in [4.69, 9.17) is 10.5 Å². The Morgan fingerprint density at radius 2 is 2.00 bits per heavy atom. The molecule has 0 aliphatic heterocycles. The van der Waals surface area contributed by atoms with Crippen molar-refractivity contribution < 1.29 is 19.7 Å². The number of nitrogens with two attached hydrogens (primary N) is 1. The third-order valence-electron chi connectivity index (χ3n) is 3.02. The lowest BCUT2D eigenvalue weighted by molar-refractivity contribution is 0.100. The van der Waals surface area contributed by atoms with Gasteiger partial charge in [0, 0.05) is 23.7 Å². The van der Waals surface area contributed by atoms with E-state index < -0.39 is 5.91 Å². The molecule has 0 aliphatic rings. The first-order valence-electron chi connectivity index (χ1n) is 6.24. The Morgan fingerprint density at radius 1 is 1.24 bits per heavy atom. The molecule has 0 saturated carbocycles. The molecule has 1 amide bonds. The summed E-state index contributed by atoms with van der Waals surface area (Å²) in [6.45, 7) is 0.296. The molecule has 0 atom stereocenters. The van der Waals surface area contributed by atoms with Gasteiger partial charge in [-0.05, 0) is 30.3 Å². The topological polar surface area (TPSA) is 105 Å². The summed E-state index contributed by atoms with van der Waals surface area (Å²) in [5.41, 5.74) is 6.78. The third-order valence-corrected chi connectivity index (χ3v) is 3.02. The van der Waals surface area contributed by atoms with Gasteiger partial charge in [0.15, 0.2) is 0 Å². The van der Waals surface area contributed by atoms with Gasteiger partial charge in [0.05, 0.1) is 12.8 Å². The number of carbonyl (C=O) groups is 1. The predicted molar refractivity (Wildman–Crippen MR) is 78.6 cm³/mol. The third kappa shape index (κ3) is 3.36. The molecule has 0 aliphatic carbocycles. The van der Waals surface area contributed by atoms with Gasteiger partial charge in [-0.1, -0.05) is 0 Å². The number of phenols is 2. The van der Waals surface area contributed by atoms with Crippen LogP contribution >= 0.6 is 0 Å². The van der Waals surface area contributed by atoms with Crippen molar-refractivity contribution in [3.63, 3.8) is 0 Å². The number of rotatable bonds is 5. The van der Waals surface area contributed by atoms with Crippen LogP contribution in [0.4, 0.5) is 5.69 Å². The summed E-state index contributed by atoms with van der Waals surface area (Å²) in [5, 5.41) is 22.0. The van der Waals surface area contributed by atoms with E-state index in [2.05, 4.69) is 5.32 Å². The summed E-state index contributed by atoms with van der Waals surface area (Å²) in [5.74, 6) is -0.0106. The molecule has 0 unspecified atom stereocenters. The van der Waals surface area contributed by atoms with E-state index in [0.717, 1.165) is 0 Å². The maximum absolute atomic E-state index is 11.2. The van der Waals surface area contributed by atoms with Gasteiger partial charge < -0.3 is 26.0 Å². The second kappa shape index (κ2) is 6.04. The summed E-state index contributed by atoms with van der Waals surface area (Å²) in [6, 6.07) is 9.13. The summed E-state index contributed by atoms with van der Waals surface area (Å²) in [6.07, 6.45) is 0. The lowest BCUT2D eigenvalue weighted by Crippen LogP contribution is -2.11. The van der Waals surface area contributed by atoms with Gasteiger partial charge in [-0.25, -0.2) is 0 Å². The first-order valence-corrected chi connectivity index (χ1v) is 6.24. The zero-order valence-corrected chi connectivity index (χ0v) is 11.5. The van der Waals surface area contributed by atoms with E-state index in [1.165, 1.54) is 19.2 Å². The number of hydrogen-bond acceptors (Lipinski definition) is 5. The van der Waals surface area contributed by atoms with Gasteiger partial charge in [0.2, 0.25) is 5.91 Å². The quantitative estimate of drug-likeness (QED) is 0.671. The number of benzene rings is 2. The van der Waals surface area contributed by atoms with E-state index in [9.17, 15) is 15.0 Å². The molecule has 0 fully saturated rings. The summed E-state index contributed by atoms with van der Waals surface area (Å²) >= 11 is 0. The maximum atomic E-state index is 11.2. The number of phenolic OH excluding ortho intramolecular Hbond substituents is 2. The fraction of sp³-hybridized carbons (Fsp3) is 0.133. The molecule has 0 saturated heterocycles. The van der Waals surface area contributed by atoms with E-state index in [1.807, 2.05) is 0 Å². The van der Waals surface area contributed by atoms with Gasteiger partial charge in [-0.2, -0.15) is 0 Å². The molecule has 6 nitrogen and oxygen atoms in total. The van der Waals surface area contributed by atoms with Gasteiger partial charge >= 0.3 is 0 Å². The molecule has 2 rings (SSSR count).